The zero-order valence-electron chi connectivity index (χ0n) is 9.81. The largest absolute Gasteiger partial charge is 0.320 e. The number of pyridine rings is 1. The molecule has 0 aliphatic heterocycles. The molecule has 0 radical (unpaired) electrons. The summed E-state index contributed by atoms with van der Waals surface area (Å²) in [5, 5.41) is 2.49. The number of thiazole rings is 1. The molecule has 2 aromatic heterocycles. The maximum Gasteiger partial charge on any atom is 0.286 e. The van der Waals surface area contributed by atoms with Crippen molar-refractivity contribution in [1.82, 2.24) is 9.55 Å². The molecule has 0 saturated carbocycles. The van der Waals surface area contributed by atoms with Crippen molar-refractivity contribution in [2.24, 2.45) is 0 Å². The summed E-state index contributed by atoms with van der Waals surface area (Å²) in [5.41, 5.74) is -0.519. The van der Waals surface area contributed by atoms with Crippen LogP contribution in [0.4, 0.5) is 10.1 Å². The van der Waals surface area contributed by atoms with E-state index in [2.05, 4.69) is 10.3 Å². The third-order valence-electron chi connectivity index (χ3n) is 2.34. The number of amides is 1. The highest BCUT2D eigenvalue weighted by Crippen LogP contribution is 2.19. The molecule has 2 aromatic rings. The molecule has 0 bridgehead atoms. The van der Waals surface area contributed by atoms with Crippen LogP contribution in [0.15, 0.2) is 23.3 Å². The summed E-state index contributed by atoms with van der Waals surface area (Å²) in [4.78, 5) is 27.2. The van der Waals surface area contributed by atoms with Gasteiger partial charge in [-0.3, -0.25) is 9.59 Å². The van der Waals surface area contributed by atoms with E-state index in [1.807, 2.05) is 0 Å². The predicted octanol–water partition coefficient (Wildman–Crippen LogP) is 2.37. The van der Waals surface area contributed by atoms with E-state index in [9.17, 15) is 14.0 Å². The third kappa shape index (κ3) is 2.99. The van der Waals surface area contributed by atoms with Gasteiger partial charge in [0.1, 0.15) is 4.88 Å². The number of carbonyl (C=O) groups is 1. The van der Waals surface area contributed by atoms with Gasteiger partial charge in [0.2, 0.25) is 0 Å². The Balaban J connectivity index is 2.26. The molecule has 19 heavy (non-hydrogen) atoms. The molecule has 1 amide bonds. The van der Waals surface area contributed by atoms with Gasteiger partial charge in [0.25, 0.3) is 11.5 Å². The van der Waals surface area contributed by atoms with E-state index in [0.717, 1.165) is 17.4 Å². The molecule has 0 saturated heterocycles. The van der Waals surface area contributed by atoms with Crippen molar-refractivity contribution in [1.29, 1.82) is 0 Å². The van der Waals surface area contributed by atoms with Gasteiger partial charge in [-0.15, -0.1) is 0 Å². The summed E-state index contributed by atoms with van der Waals surface area (Å²) in [6.07, 6.45) is 2.71. The lowest BCUT2D eigenvalue weighted by molar-refractivity contribution is 0.103. The quantitative estimate of drug-likeness (QED) is 0.946. The molecule has 2 heterocycles. The number of nitrogens with zero attached hydrogens (tertiary/aromatic N) is 2. The zero-order chi connectivity index (χ0) is 14.0. The van der Waals surface area contributed by atoms with Crippen molar-refractivity contribution in [3.05, 3.63) is 44.0 Å². The Kier molecular flexibility index (Phi) is 3.96. The molecule has 0 aliphatic carbocycles. The smallest absolute Gasteiger partial charge is 0.286 e. The van der Waals surface area contributed by atoms with Crippen molar-refractivity contribution >= 4 is 34.5 Å². The first-order valence-corrected chi connectivity index (χ1v) is 6.53. The standard InChI is InChI=1S/C11H9ClFN3O2S/c1-2-16-5-6(3-7(13)10(16)18)15-9(17)8-4-14-11(12)19-8/h3-5H,2H2,1H3,(H,15,17). The van der Waals surface area contributed by atoms with E-state index < -0.39 is 17.3 Å². The van der Waals surface area contributed by atoms with Crippen LogP contribution >= 0.6 is 22.9 Å². The van der Waals surface area contributed by atoms with Crippen LogP contribution in [0.2, 0.25) is 4.47 Å². The van der Waals surface area contributed by atoms with Gasteiger partial charge >= 0.3 is 0 Å². The highest BCUT2D eigenvalue weighted by Gasteiger charge is 2.12. The van der Waals surface area contributed by atoms with E-state index in [-0.39, 0.29) is 10.2 Å². The Morgan fingerprint density at radius 3 is 2.95 bits per heavy atom. The number of hydrogen-bond acceptors (Lipinski definition) is 4. The minimum atomic E-state index is -0.915. The lowest BCUT2D eigenvalue weighted by atomic mass is 10.3. The Morgan fingerprint density at radius 1 is 1.63 bits per heavy atom. The van der Waals surface area contributed by atoms with Crippen molar-refractivity contribution in [2.75, 3.05) is 5.32 Å². The molecule has 100 valence electrons. The molecule has 8 heteroatoms. The number of carbonyl (C=O) groups excluding carboxylic acids is 1. The number of hydrogen-bond donors (Lipinski definition) is 1. The first-order chi connectivity index (χ1) is 9.01. The van der Waals surface area contributed by atoms with Crippen LogP contribution in [0.3, 0.4) is 0 Å². The molecule has 1 N–H and O–H groups in total. The second-order valence-corrected chi connectivity index (χ2v) is 5.21. The van der Waals surface area contributed by atoms with E-state index >= 15 is 0 Å². The number of aryl methyl sites for hydroxylation is 1. The van der Waals surface area contributed by atoms with E-state index in [1.54, 1.807) is 6.92 Å². The molecular weight excluding hydrogens is 293 g/mol. The average Bonchev–Trinajstić information content (AvgIpc) is 2.80. The lowest BCUT2D eigenvalue weighted by Crippen LogP contribution is -2.23. The Hall–Kier alpha value is -1.73. The number of nitrogens with one attached hydrogen (secondary N) is 1. The van der Waals surface area contributed by atoms with Gasteiger partial charge in [-0.2, -0.15) is 0 Å². The fourth-order valence-electron chi connectivity index (χ4n) is 1.45. The Bertz CT molecular complexity index is 683. The summed E-state index contributed by atoms with van der Waals surface area (Å²) in [7, 11) is 0. The van der Waals surface area contributed by atoms with Crippen molar-refractivity contribution in [3.63, 3.8) is 0 Å². The van der Waals surface area contributed by atoms with E-state index in [1.165, 1.54) is 17.0 Å². The van der Waals surface area contributed by atoms with Crippen molar-refractivity contribution < 1.29 is 9.18 Å². The van der Waals surface area contributed by atoms with Crippen LogP contribution in [0.1, 0.15) is 16.6 Å². The summed E-state index contributed by atoms with van der Waals surface area (Å²) >= 11 is 6.64. The second kappa shape index (κ2) is 5.50. The molecule has 0 atom stereocenters. The van der Waals surface area contributed by atoms with E-state index in [4.69, 9.17) is 11.6 Å². The van der Waals surface area contributed by atoms with Gasteiger partial charge in [-0.1, -0.05) is 22.9 Å². The van der Waals surface area contributed by atoms with E-state index in [0.29, 0.717) is 11.4 Å². The lowest BCUT2D eigenvalue weighted by Gasteiger charge is -2.07. The number of halogens is 2. The second-order valence-electron chi connectivity index (χ2n) is 3.60. The minimum absolute atomic E-state index is 0.202. The number of rotatable bonds is 3. The molecule has 0 aliphatic rings. The predicted molar refractivity (Wildman–Crippen MR) is 71.4 cm³/mol. The summed E-state index contributed by atoms with van der Waals surface area (Å²) in [6, 6.07) is 0.981. The molecule has 0 fully saturated rings. The van der Waals surface area contributed by atoms with Crippen LogP contribution in [-0.2, 0) is 6.54 Å². The van der Waals surface area contributed by atoms with Crippen molar-refractivity contribution in [3.8, 4) is 0 Å². The SMILES string of the molecule is CCn1cc(NC(=O)c2cnc(Cl)s2)cc(F)c1=O. The number of aromatic nitrogens is 2. The van der Waals surface area contributed by atoms with Gasteiger partial charge in [0, 0.05) is 18.8 Å². The number of anilines is 1. The van der Waals surface area contributed by atoms with Crippen LogP contribution in [0, 0.1) is 5.82 Å². The van der Waals surface area contributed by atoms with Gasteiger partial charge in [0.05, 0.1) is 11.9 Å². The van der Waals surface area contributed by atoms with Gasteiger partial charge in [-0.25, -0.2) is 9.37 Å². The Morgan fingerprint density at radius 2 is 2.37 bits per heavy atom. The fraction of sp³-hybridized carbons (Fsp3) is 0.182. The molecular formula is C11H9ClFN3O2S. The summed E-state index contributed by atoms with van der Waals surface area (Å²) in [6.45, 7) is 2.02. The molecule has 0 aromatic carbocycles. The summed E-state index contributed by atoms with van der Waals surface area (Å²) in [5.74, 6) is -1.37. The minimum Gasteiger partial charge on any atom is -0.320 e. The zero-order valence-corrected chi connectivity index (χ0v) is 11.4. The normalized spacial score (nSPS) is 10.5. The monoisotopic (exact) mass is 301 g/mol. The molecule has 0 spiro atoms. The Labute approximate surface area is 116 Å². The summed E-state index contributed by atoms with van der Waals surface area (Å²) < 4.78 is 14.8. The van der Waals surface area contributed by atoms with Gasteiger partial charge < -0.3 is 9.88 Å². The molecule has 2 rings (SSSR count). The van der Waals surface area contributed by atoms with Crippen LogP contribution in [0.25, 0.3) is 0 Å². The molecule has 0 unspecified atom stereocenters. The maximum atomic E-state index is 13.4. The van der Waals surface area contributed by atoms with Gasteiger partial charge in [0.15, 0.2) is 10.3 Å². The van der Waals surface area contributed by atoms with Crippen LogP contribution in [0.5, 0.6) is 0 Å². The fourth-order valence-corrected chi connectivity index (χ4v) is 2.29. The first kappa shape index (κ1) is 13.7. The van der Waals surface area contributed by atoms with Crippen LogP contribution < -0.4 is 10.9 Å². The van der Waals surface area contributed by atoms with Crippen LogP contribution in [-0.4, -0.2) is 15.5 Å². The topological polar surface area (TPSA) is 64.0 Å². The van der Waals surface area contributed by atoms with Gasteiger partial charge in [-0.05, 0) is 6.92 Å². The van der Waals surface area contributed by atoms with Crippen molar-refractivity contribution in [2.45, 2.75) is 13.5 Å². The molecule has 5 nitrogen and oxygen atoms in total. The highest BCUT2D eigenvalue weighted by atomic mass is 35.5. The first-order valence-electron chi connectivity index (χ1n) is 5.34. The maximum absolute atomic E-state index is 13.4. The third-order valence-corrected chi connectivity index (χ3v) is 3.46. The highest BCUT2D eigenvalue weighted by molar-refractivity contribution is 7.17. The average molecular weight is 302 g/mol.